The minimum absolute atomic E-state index is 0.0476. The van der Waals surface area contributed by atoms with Crippen LogP contribution in [0.25, 0.3) is 0 Å². The third kappa shape index (κ3) is 4.57. The number of hydrogen-bond donors (Lipinski definition) is 2. The molecule has 1 saturated heterocycles. The van der Waals surface area contributed by atoms with Crippen molar-refractivity contribution in [2.24, 2.45) is 0 Å². The number of anilines is 1. The maximum Gasteiger partial charge on any atom is 0.255 e. The van der Waals surface area contributed by atoms with Crippen molar-refractivity contribution in [1.82, 2.24) is 19.7 Å². The number of aryl methyl sites for hydroxylation is 1. The van der Waals surface area contributed by atoms with E-state index in [0.29, 0.717) is 17.9 Å². The molecule has 1 fully saturated rings. The number of carbonyl (C=O) groups is 1. The van der Waals surface area contributed by atoms with Crippen molar-refractivity contribution in [1.29, 1.82) is 0 Å². The molecule has 25 heavy (non-hydrogen) atoms. The zero-order valence-corrected chi connectivity index (χ0v) is 14.3. The van der Waals surface area contributed by atoms with Crippen LogP contribution in [-0.2, 0) is 6.54 Å². The van der Waals surface area contributed by atoms with Crippen molar-refractivity contribution < 1.29 is 9.90 Å². The van der Waals surface area contributed by atoms with Crippen LogP contribution in [0.15, 0.2) is 36.8 Å². The molecule has 3 heterocycles. The van der Waals surface area contributed by atoms with Gasteiger partial charge in [0.2, 0.25) is 0 Å². The molecular formula is C18H25N5O2. The summed E-state index contributed by atoms with van der Waals surface area (Å²) in [6, 6.07) is 5.75. The van der Waals surface area contributed by atoms with E-state index in [1.54, 1.807) is 24.5 Å². The summed E-state index contributed by atoms with van der Waals surface area (Å²) in [5, 5.41) is 16.1. The SMILES string of the molecule is O=C(c1ccc(NCCO)nc1)N1CCCC[C@@H]1CCn1cccn1. The molecule has 0 saturated carbocycles. The number of aliphatic hydroxyl groups is 1. The molecule has 0 aliphatic carbocycles. The molecule has 2 aromatic heterocycles. The predicted octanol–water partition coefficient (Wildman–Crippen LogP) is 1.77. The van der Waals surface area contributed by atoms with E-state index in [1.807, 2.05) is 21.8 Å². The Hall–Kier alpha value is -2.41. The van der Waals surface area contributed by atoms with Crippen LogP contribution in [0.5, 0.6) is 0 Å². The number of nitrogens with zero attached hydrogens (tertiary/aromatic N) is 4. The molecule has 1 aliphatic rings. The van der Waals surface area contributed by atoms with Gasteiger partial charge in [0.1, 0.15) is 5.82 Å². The van der Waals surface area contributed by atoms with Crippen LogP contribution < -0.4 is 5.32 Å². The van der Waals surface area contributed by atoms with E-state index < -0.39 is 0 Å². The van der Waals surface area contributed by atoms with Crippen molar-refractivity contribution >= 4 is 11.7 Å². The van der Waals surface area contributed by atoms with E-state index in [2.05, 4.69) is 15.4 Å². The van der Waals surface area contributed by atoms with E-state index in [-0.39, 0.29) is 18.6 Å². The first-order valence-electron chi connectivity index (χ1n) is 8.87. The van der Waals surface area contributed by atoms with Gasteiger partial charge >= 0.3 is 0 Å². The lowest BCUT2D eigenvalue weighted by atomic mass is 9.98. The summed E-state index contributed by atoms with van der Waals surface area (Å²) < 4.78 is 1.92. The first-order valence-corrected chi connectivity index (χ1v) is 8.87. The molecule has 0 bridgehead atoms. The van der Waals surface area contributed by atoms with Gasteiger partial charge in [0.25, 0.3) is 5.91 Å². The maximum atomic E-state index is 12.9. The Kier molecular flexibility index (Phi) is 6.00. The highest BCUT2D eigenvalue weighted by Crippen LogP contribution is 2.22. The van der Waals surface area contributed by atoms with Gasteiger partial charge in [-0.3, -0.25) is 9.48 Å². The predicted molar refractivity (Wildman–Crippen MR) is 95.3 cm³/mol. The molecule has 7 nitrogen and oxygen atoms in total. The van der Waals surface area contributed by atoms with Crippen molar-refractivity contribution in [2.45, 2.75) is 38.3 Å². The number of aromatic nitrogens is 3. The summed E-state index contributed by atoms with van der Waals surface area (Å²) in [5.41, 5.74) is 0.612. The molecule has 0 spiro atoms. The van der Waals surface area contributed by atoms with E-state index in [9.17, 15) is 4.79 Å². The van der Waals surface area contributed by atoms with Gasteiger partial charge in [0.15, 0.2) is 0 Å². The van der Waals surface area contributed by atoms with Gasteiger partial charge in [-0.2, -0.15) is 5.10 Å². The Balaban J connectivity index is 1.63. The van der Waals surface area contributed by atoms with Crippen LogP contribution >= 0.6 is 0 Å². The van der Waals surface area contributed by atoms with Gasteiger partial charge in [0, 0.05) is 44.3 Å². The van der Waals surface area contributed by atoms with Gasteiger partial charge in [0.05, 0.1) is 12.2 Å². The Labute approximate surface area is 147 Å². The fourth-order valence-electron chi connectivity index (χ4n) is 3.26. The first-order chi connectivity index (χ1) is 12.3. The number of aliphatic hydroxyl groups excluding tert-OH is 1. The van der Waals surface area contributed by atoms with Gasteiger partial charge < -0.3 is 15.3 Å². The third-order valence-electron chi connectivity index (χ3n) is 4.57. The molecule has 1 aliphatic heterocycles. The van der Waals surface area contributed by atoms with Gasteiger partial charge in [-0.15, -0.1) is 0 Å². The van der Waals surface area contributed by atoms with Crippen LogP contribution in [0.1, 0.15) is 36.0 Å². The molecule has 2 N–H and O–H groups in total. The Morgan fingerprint density at radius 2 is 2.28 bits per heavy atom. The van der Waals surface area contributed by atoms with Crippen molar-refractivity contribution in [3.05, 3.63) is 42.4 Å². The molecule has 2 aromatic rings. The van der Waals surface area contributed by atoms with Gasteiger partial charge in [-0.05, 0) is 43.9 Å². The Morgan fingerprint density at radius 1 is 1.36 bits per heavy atom. The Bertz CT molecular complexity index is 657. The highest BCUT2D eigenvalue weighted by Gasteiger charge is 2.27. The summed E-state index contributed by atoms with van der Waals surface area (Å²) in [5.74, 6) is 0.714. The second kappa shape index (κ2) is 8.62. The zero-order chi connectivity index (χ0) is 17.5. The number of hydrogen-bond acceptors (Lipinski definition) is 5. The maximum absolute atomic E-state index is 12.9. The van der Waals surface area contributed by atoms with E-state index in [4.69, 9.17) is 5.11 Å². The lowest BCUT2D eigenvalue weighted by molar-refractivity contribution is 0.0593. The lowest BCUT2D eigenvalue weighted by Crippen LogP contribution is -2.44. The fourth-order valence-corrected chi connectivity index (χ4v) is 3.26. The van der Waals surface area contributed by atoms with Crippen LogP contribution in [0.3, 0.4) is 0 Å². The largest absolute Gasteiger partial charge is 0.395 e. The monoisotopic (exact) mass is 343 g/mol. The molecule has 0 aromatic carbocycles. The third-order valence-corrected chi connectivity index (χ3v) is 4.57. The molecule has 0 radical (unpaired) electrons. The molecule has 1 amide bonds. The van der Waals surface area contributed by atoms with Crippen LogP contribution in [0.4, 0.5) is 5.82 Å². The second-order valence-corrected chi connectivity index (χ2v) is 6.29. The van der Waals surface area contributed by atoms with E-state index >= 15 is 0 Å². The number of piperidine rings is 1. The van der Waals surface area contributed by atoms with Crippen molar-refractivity contribution in [3.8, 4) is 0 Å². The second-order valence-electron chi connectivity index (χ2n) is 6.29. The summed E-state index contributed by atoms with van der Waals surface area (Å²) in [6.45, 7) is 2.12. The average molecular weight is 343 g/mol. The number of rotatable bonds is 7. The van der Waals surface area contributed by atoms with Gasteiger partial charge in [-0.25, -0.2) is 4.98 Å². The lowest BCUT2D eigenvalue weighted by Gasteiger charge is -2.36. The van der Waals surface area contributed by atoms with Crippen LogP contribution in [0, 0.1) is 0 Å². The summed E-state index contributed by atoms with van der Waals surface area (Å²) in [6.07, 6.45) is 9.51. The number of pyridine rings is 1. The quantitative estimate of drug-likeness (QED) is 0.800. The number of likely N-dealkylation sites (tertiary alicyclic amines) is 1. The summed E-state index contributed by atoms with van der Waals surface area (Å²) in [7, 11) is 0. The van der Waals surface area contributed by atoms with Gasteiger partial charge in [-0.1, -0.05) is 0 Å². The van der Waals surface area contributed by atoms with E-state index in [0.717, 1.165) is 38.8 Å². The minimum Gasteiger partial charge on any atom is -0.395 e. The molecule has 0 unspecified atom stereocenters. The number of nitrogens with one attached hydrogen (secondary N) is 1. The molecular weight excluding hydrogens is 318 g/mol. The highest BCUT2D eigenvalue weighted by molar-refractivity contribution is 5.94. The number of amides is 1. The normalized spacial score (nSPS) is 17.5. The van der Waals surface area contributed by atoms with Crippen molar-refractivity contribution in [2.75, 3.05) is 25.0 Å². The topological polar surface area (TPSA) is 83.3 Å². The minimum atomic E-state index is 0.0476. The summed E-state index contributed by atoms with van der Waals surface area (Å²) in [4.78, 5) is 19.2. The zero-order valence-electron chi connectivity index (χ0n) is 14.3. The smallest absolute Gasteiger partial charge is 0.255 e. The fraction of sp³-hybridized carbons (Fsp3) is 0.500. The highest BCUT2D eigenvalue weighted by atomic mass is 16.3. The molecule has 3 rings (SSSR count). The standard InChI is InChI=1S/C18H25N5O2/c24-13-9-19-17-6-5-15(14-20-17)18(25)23-11-2-1-4-16(23)7-12-22-10-3-8-21-22/h3,5-6,8,10,14,16,24H,1-2,4,7,9,11-13H2,(H,19,20)/t16-/m1/s1. The Morgan fingerprint density at radius 3 is 3.00 bits per heavy atom. The van der Waals surface area contributed by atoms with Crippen molar-refractivity contribution in [3.63, 3.8) is 0 Å². The molecule has 7 heteroatoms. The summed E-state index contributed by atoms with van der Waals surface area (Å²) >= 11 is 0. The van der Waals surface area contributed by atoms with Crippen LogP contribution in [-0.4, -0.2) is 56.4 Å². The average Bonchev–Trinajstić information content (AvgIpc) is 3.18. The molecule has 1 atom stereocenters. The van der Waals surface area contributed by atoms with Crippen LogP contribution in [0.2, 0.25) is 0 Å². The number of carbonyl (C=O) groups excluding carboxylic acids is 1. The van der Waals surface area contributed by atoms with E-state index in [1.165, 1.54) is 0 Å². The first kappa shape index (κ1) is 17.4. The molecule has 134 valence electrons.